The van der Waals surface area contributed by atoms with Gasteiger partial charge in [-0.05, 0) is 18.4 Å². The molecule has 2 aromatic rings. The lowest BCUT2D eigenvalue weighted by molar-refractivity contribution is -0.136. The van der Waals surface area contributed by atoms with Crippen LogP contribution >= 0.6 is 7.82 Å². The summed E-state index contributed by atoms with van der Waals surface area (Å²) in [7, 11) is -3.70. The molecule has 1 aromatic carbocycles. The van der Waals surface area contributed by atoms with Crippen LogP contribution in [0, 0.1) is 5.92 Å². The van der Waals surface area contributed by atoms with Crippen molar-refractivity contribution in [1.82, 2.24) is 25.1 Å². The van der Waals surface area contributed by atoms with Crippen LogP contribution in [0.15, 0.2) is 64.3 Å². The number of amides is 4. The third-order valence-electron chi connectivity index (χ3n) is 7.17. The van der Waals surface area contributed by atoms with Gasteiger partial charge in [0.1, 0.15) is 31.6 Å². The normalized spacial score (nSPS) is 21.8. The van der Waals surface area contributed by atoms with E-state index in [-0.39, 0.29) is 39.1 Å². The molecule has 1 aromatic heterocycles. The first-order valence-electron chi connectivity index (χ1n) is 14.4. The van der Waals surface area contributed by atoms with E-state index in [1.165, 1.54) is 6.20 Å². The minimum absolute atomic E-state index is 0.00678. The van der Waals surface area contributed by atoms with Crippen molar-refractivity contribution in [2.45, 2.75) is 37.9 Å². The second-order valence-electron chi connectivity index (χ2n) is 10.3. The van der Waals surface area contributed by atoms with Crippen LogP contribution < -0.4 is 21.9 Å². The number of carbonyl (C=O) groups is 4. The number of nitrogens with one attached hydrogen (secondary N) is 3. The Bertz CT molecular complexity index is 1610. The molecule has 2 aliphatic rings. The Hall–Kier alpha value is -4.61. The van der Waals surface area contributed by atoms with Crippen molar-refractivity contribution in [1.29, 1.82) is 0 Å². The molecule has 0 aliphatic carbocycles. The second kappa shape index (κ2) is 16.3. The molecule has 0 bridgehead atoms. The molecule has 2 aliphatic heterocycles. The number of benzene rings is 1. The van der Waals surface area contributed by atoms with E-state index in [2.05, 4.69) is 20.1 Å². The van der Waals surface area contributed by atoms with E-state index in [9.17, 15) is 38.2 Å². The lowest BCUT2D eigenvalue weighted by Crippen LogP contribution is -2.42. The third-order valence-corrected chi connectivity index (χ3v) is 8.14. The first-order chi connectivity index (χ1) is 22.5. The van der Waals surface area contributed by atoms with Gasteiger partial charge in [-0.2, -0.15) is 0 Å². The lowest BCUT2D eigenvalue weighted by Gasteiger charge is -2.26. The largest absolute Gasteiger partial charge is 0.508 e. The number of carbonyl (C=O) groups excluding carboxylic acids is 4. The lowest BCUT2D eigenvalue weighted by atomic mass is 9.94. The molecule has 0 saturated carbocycles. The summed E-state index contributed by atoms with van der Waals surface area (Å²) in [6.07, 6.45) is -0.900. The smallest absolute Gasteiger partial charge is 0.431 e. The summed E-state index contributed by atoms with van der Waals surface area (Å²) in [6.45, 7) is -0.515. The zero-order valence-electron chi connectivity index (χ0n) is 25.1. The first-order valence-corrected chi connectivity index (χ1v) is 15.9. The van der Waals surface area contributed by atoms with Gasteiger partial charge in [-0.25, -0.2) is 18.9 Å². The fourth-order valence-electron chi connectivity index (χ4n) is 4.92. The van der Waals surface area contributed by atoms with Gasteiger partial charge in [0.25, 0.3) is 17.4 Å². The summed E-state index contributed by atoms with van der Waals surface area (Å²) < 4.78 is 40.0. The number of aromatic nitrogens is 2. The van der Waals surface area contributed by atoms with Crippen LogP contribution in [0.2, 0.25) is 0 Å². The van der Waals surface area contributed by atoms with Crippen molar-refractivity contribution in [2.24, 2.45) is 5.92 Å². The van der Waals surface area contributed by atoms with Crippen LogP contribution in [0.1, 0.15) is 24.6 Å². The van der Waals surface area contributed by atoms with Crippen LogP contribution in [0.3, 0.4) is 0 Å². The second-order valence-corrected chi connectivity index (χ2v) is 11.8. The van der Waals surface area contributed by atoms with E-state index in [1.807, 2.05) is 0 Å². The first kappa shape index (κ1) is 35.2. The average molecular weight is 680 g/mol. The van der Waals surface area contributed by atoms with E-state index in [0.717, 1.165) is 34.8 Å². The molecule has 1 saturated heterocycles. The van der Waals surface area contributed by atoms with Crippen LogP contribution in [-0.4, -0.2) is 88.9 Å². The molecular formula is C28H34N5O13P. The van der Waals surface area contributed by atoms with Crippen molar-refractivity contribution < 1.29 is 51.9 Å². The highest BCUT2D eigenvalue weighted by molar-refractivity contribution is 7.47. The van der Waals surface area contributed by atoms with Gasteiger partial charge in [-0.1, -0.05) is 30.3 Å². The number of hydrogen-bond donors (Lipinski definition) is 4. The highest BCUT2D eigenvalue weighted by Gasteiger charge is 2.49. The van der Waals surface area contributed by atoms with Gasteiger partial charge in [0.05, 0.1) is 0 Å². The van der Waals surface area contributed by atoms with Gasteiger partial charge >= 0.3 is 25.7 Å². The van der Waals surface area contributed by atoms with Gasteiger partial charge in [-0.3, -0.25) is 37.9 Å². The van der Waals surface area contributed by atoms with E-state index in [1.54, 1.807) is 30.3 Å². The Labute approximate surface area is 267 Å². The maximum atomic E-state index is 12.7. The number of aromatic amines is 1. The standard InChI is InChI=1S/C28H34N5O13P/c1-42-47(40,41)46-24-19(8-5-12-29-26(37)30-13-15-32-22(35)9-10-23(32)36)25(33-14-11-21(34)31-27(33)38)45-20(24)17-44-28(39)43-16-18-6-3-2-4-7-18/h2-4,6-7,9-11,14,19-20,24-25H,5,8,12-13,15-17H2,1H3,(H,40,41)(H2,29,30,37)(H,31,34,38)/t19?,20-,24-,25-/m1/s1. The predicted molar refractivity (Wildman–Crippen MR) is 160 cm³/mol. The number of H-pyrrole nitrogens is 1. The number of urea groups is 1. The summed E-state index contributed by atoms with van der Waals surface area (Å²) in [6, 6.07) is 9.32. The Morgan fingerprint density at radius 1 is 1.02 bits per heavy atom. The maximum Gasteiger partial charge on any atom is 0.508 e. The summed E-state index contributed by atoms with van der Waals surface area (Å²) >= 11 is 0. The number of imide groups is 1. The molecule has 4 amide bonds. The molecule has 0 radical (unpaired) electrons. The van der Waals surface area contributed by atoms with Gasteiger partial charge in [0.15, 0.2) is 0 Å². The van der Waals surface area contributed by atoms with Crippen LogP contribution in [0.5, 0.6) is 0 Å². The minimum Gasteiger partial charge on any atom is -0.431 e. The number of nitrogens with zero attached hydrogens (tertiary/aromatic N) is 2. The molecule has 2 unspecified atom stereocenters. The summed E-state index contributed by atoms with van der Waals surface area (Å²) in [5.41, 5.74) is -0.798. The molecule has 47 heavy (non-hydrogen) atoms. The molecule has 5 atom stereocenters. The molecule has 18 nitrogen and oxygen atoms in total. The molecule has 4 rings (SSSR count). The van der Waals surface area contributed by atoms with Gasteiger partial charge in [0, 0.05) is 57.1 Å². The predicted octanol–water partition coefficient (Wildman–Crippen LogP) is 0.540. The van der Waals surface area contributed by atoms with Crippen LogP contribution in [0.4, 0.5) is 9.59 Å². The van der Waals surface area contributed by atoms with Gasteiger partial charge in [0.2, 0.25) is 0 Å². The molecule has 19 heteroatoms. The van der Waals surface area contributed by atoms with Gasteiger partial charge < -0.3 is 29.7 Å². The number of ether oxygens (including phenoxy) is 3. The Kier molecular flexibility index (Phi) is 12.2. The minimum atomic E-state index is -4.65. The van der Waals surface area contributed by atoms with Crippen molar-refractivity contribution in [3.8, 4) is 0 Å². The highest BCUT2D eigenvalue weighted by atomic mass is 31.2. The monoisotopic (exact) mass is 679 g/mol. The zero-order valence-corrected chi connectivity index (χ0v) is 26.0. The topological polar surface area (TPSA) is 234 Å². The average Bonchev–Trinajstić information content (AvgIpc) is 3.54. The summed E-state index contributed by atoms with van der Waals surface area (Å²) in [5.74, 6) is -1.82. The number of phosphoric acid groups is 1. The molecule has 0 spiro atoms. The Morgan fingerprint density at radius 2 is 1.72 bits per heavy atom. The Morgan fingerprint density at radius 3 is 2.40 bits per heavy atom. The van der Waals surface area contributed by atoms with E-state index in [4.69, 9.17) is 18.7 Å². The Balaban J connectivity index is 1.41. The highest BCUT2D eigenvalue weighted by Crippen LogP contribution is 2.50. The van der Waals surface area contributed by atoms with E-state index >= 15 is 0 Å². The molecular weight excluding hydrogens is 645 g/mol. The van der Waals surface area contributed by atoms with Gasteiger partial charge in [-0.15, -0.1) is 0 Å². The summed E-state index contributed by atoms with van der Waals surface area (Å²) in [4.78, 5) is 85.6. The molecule has 3 heterocycles. The molecule has 4 N–H and O–H groups in total. The van der Waals surface area contributed by atoms with E-state index < -0.39 is 74.0 Å². The molecule has 254 valence electrons. The van der Waals surface area contributed by atoms with Crippen LogP contribution in [0.25, 0.3) is 0 Å². The summed E-state index contributed by atoms with van der Waals surface area (Å²) in [5, 5.41) is 5.14. The fourth-order valence-corrected chi connectivity index (χ4v) is 5.61. The number of rotatable bonds is 15. The number of phosphoric ester groups is 1. The molecule has 1 fully saturated rings. The van der Waals surface area contributed by atoms with Crippen LogP contribution in [-0.2, 0) is 44.0 Å². The fraction of sp³-hybridized carbons (Fsp3) is 0.429. The van der Waals surface area contributed by atoms with Crippen molar-refractivity contribution in [3.63, 3.8) is 0 Å². The number of hydrogen-bond acceptors (Lipinski definition) is 12. The third kappa shape index (κ3) is 9.94. The van der Waals surface area contributed by atoms with Crippen molar-refractivity contribution in [3.05, 3.63) is 81.1 Å². The SMILES string of the molecule is COP(=O)(O)O[C@@H]1C(CCCNC(=O)NCCN2C(=O)C=CC2=O)[C@H](n2ccc(=O)[nH]c2=O)O[C@@H]1COC(=O)OCc1ccccc1. The van der Waals surface area contributed by atoms with Crippen molar-refractivity contribution in [2.75, 3.05) is 33.4 Å². The van der Waals surface area contributed by atoms with Crippen molar-refractivity contribution >= 4 is 31.8 Å². The van der Waals surface area contributed by atoms with E-state index in [0.29, 0.717) is 5.56 Å². The quantitative estimate of drug-likeness (QED) is 0.0872. The zero-order chi connectivity index (χ0) is 34.0. The maximum absolute atomic E-state index is 12.7.